The molecule has 0 spiro atoms. The number of halogens is 1. The number of hydrogen-bond donors (Lipinski definition) is 1. The van der Waals surface area contributed by atoms with E-state index < -0.39 is 15.8 Å². The first-order valence-electron chi connectivity index (χ1n) is 11.9. The summed E-state index contributed by atoms with van der Waals surface area (Å²) in [5.41, 5.74) is 2.93. The number of carbonyl (C=O) groups excluding carboxylic acids is 1. The molecule has 0 saturated carbocycles. The molecule has 0 unspecified atom stereocenters. The van der Waals surface area contributed by atoms with Crippen molar-refractivity contribution in [3.8, 4) is 5.13 Å². The minimum atomic E-state index is -3.73. The lowest BCUT2D eigenvalue weighted by Crippen LogP contribution is -2.41. The molecule has 6 rings (SSSR count). The first kappa shape index (κ1) is 23.3. The average molecular weight is 526 g/mol. The summed E-state index contributed by atoms with van der Waals surface area (Å²) in [6.45, 7) is 0.458. The van der Waals surface area contributed by atoms with Crippen LogP contribution in [0.4, 0.5) is 10.2 Å². The predicted octanol–water partition coefficient (Wildman–Crippen LogP) is 4.15. The molecule has 1 saturated heterocycles. The maximum Gasteiger partial charge on any atom is 0.243 e. The van der Waals surface area contributed by atoms with Crippen LogP contribution in [0.15, 0.2) is 53.4 Å². The third-order valence-corrected chi connectivity index (χ3v) is 9.81. The normalized spacial score (nSPS) is 16.9. The Morgan fingerprint density at radius 3 is 2.56 bits per heavy atom. The Bertz CT molecular complexity index is 1520. The van der Waals surface area contributed by atoms with Crippen LogP contribution in [0.3, 0.4) is 0 Å². The fourth-order valence-corrected chi connectivity index (χ4v) is 7.34. The van der Waals surface area contributed by atoms with Gasteiger partial charge < -0.3 is 5.32 Å². The highest BCUT2D eigenvalue weighted by atomic mass is 32.2. The van der Waals surface area contributed by atoms with E-state index in [0.29, 0.717) is 23.8 Å². The number of hydrogen-bond acceptors (Lipinski definition) is 6. The van der Waals surface area contributed by atoms with E-state index in [4.69, 9.17) is 10.1 Å². The van der Waals surface area contributed by atoms with Gasteiger partial charge in [0.05, 0.1) is 20.8 Å². The molecule has 1 aliphatic heterocycles. The van der Waals surface area contributed by atoms with Crippen LogP contribution in [0, 0.1) is 11.7 Å². The Kier molecular flexibility index (Phi) is 5.85. The number of fused-ring (bicyclic) bond motifs is 2. The van der Waals surface area contributed by atoms with E-state index in [1.54, 1.807) is 4.68 Å². The minimum absolute atomic E-state index is 0.0575. The maximum absolute atomic E-state index is 13.3. The molecule has 11 heteroatoms. The number of nitrogens with zero attached hydrogens (tertiary/aromatic N) is 4. The third-order valence-electron chi connectivity index (χ3n) is 6.89. The molecule has 36 heavy (non-hydrogen) atoms. The number of aryl methyl sites for hydroxylation is 1. The van der Waals surface area contributed by atoms with Crippen molar-refractivity contribution in [2.24, 2.45) is 5.92 Å². The van der Waals surface area contributed by atoms with Gasteiger partial charge in [0.25, 0.3) is 0 Å². The predicted molar refractivity (Wildman–Crippen MR) is 135 cm³/mol. The van der Waals surface area contributed by atoms with Crippen molar-refractivity contribution in [2.45, 2.75) is 37.0 Å². The summed E-state index contributed by atoms with van der Waals surface area (Å²) in [5, 5.41) is 8.60. The fraction of sp³-hybridized carbons (Fsp3) is 0.320. The van der Waals surface area contributed by atoms with E-state index in [1.807, 2.05) is 24.3 Å². The van der Waals surface area contributed by atoms with E-state index in [1.165, 1.54) is 27.8 Å². The molecule has 3 heterocycles. The first-order valence-corrected chi connectivity index (χ1v) is 14.2. The topological polar surface area (TPSA) is 97.2 Å². The van der Waals surface area contributed by atoms with Crippen molar-refractivity contribution in [1.82, 2.24) is 19.1 Å². The molecule has 8 nitrogen and oxygen atoms in total. The Morgan fingerprint density at radius 1 is 1.06 bits per heavy atom. The molecular weight excluding hydrogens is 501 g/mol. The molecule has 0 radical (unpaired) electrons. The van der Waals surface area contributed by atoms with E-state index in [9.17, 15) is 17.6 Å². The quantitative estimate of drug-likeness (QED) is 0.422. The molecule has 2 aromatic heterocycles. The van der Waals surface area contributed by atoms with Gasteiger partial charge in [0.15, 0.2) is 0 Å². The lowest BCUT2D eigenvalue weighted by molar-refractivity contribution is -0.121. The Balaban J connectivity index is 1.20. The number of amides is 1. The standard InChI is InChI=1S/C25H24FN5O3S2/c26-17-8-10-18(11-9-17)36(33,34)30-14-12-16(13-15-30)24(32)28-23-19-4-3-6-20(19)29-31(23)25-27-21-5-1-2-7-22(21)35-25/h1-2,5,7-11,16H,3-4,6,12-15H2,(H,28,32). The maximum atomic E-state index is 13.3. The molecule has 186 valence electrons. The van der Waals surface area contributed by atoms with E-state index in [-0.39, 0.29) is 29.8 Å². The van der Waals surface area contributed by atoms with Gasteiger partial charge in [0, 0.05) is 24.6 Å². The highest BCUT2D eigenvalue weighted by Crippen LogP contribution is 2.34. The van der Waals surface area contributed by atoms with Gasteiger partial charge in [-0.1, -0.05) is 23.5 Å². The highest BCUT2D eigenvalue weighted by molar-refractivity contribution is 7.89. The third kappa shape index (κ3) is 4.10. The lowest BCUT2D eigenvalue weighted by Gasteiger charge is -2.30. The smallest absolute Gasteiger partial charge is 0.243 e. The van der Waals surface area contributed by atoms with Gasteiger partial charge in [-0.2, -0.15) is 14.1 Å². The second-order valence-electron chi connectivity index (χ2n) is 9.12. The number of thiazole rings is 1. The number of sulfonamides is 1. The molecule has 2 aliphatic rings. The SMILES string of the molecule is O=C(Nc1c2c(nn1-c1nc3ccccc3s1)CCC2)C1CCN(S(=O)(=O)c2ccc(F)cc2)CC1. The monoisotopic (exact) mass is 525 g/mol. The zero-order valence-corrected chi connectivity index (χ0v) is 21.0. The molecule has 1 N–H and O–H groups in total. The van der Waals surface area contributed by atoms with Crippen molar-refractivity contribution >= 4 is 43.3 Å². The number of piperidine rings is 1. The molecule has 4 aromatic rings. The number of rotatable bonds is 5. The number of carbonyl (C=O) groups is 1. The number of anilines is 1. The van der Waals surface area contributed by atoms with Crippen LogP contribution < -0.4 is 5.32 Å². The summed E-state index contributed by atoms with van der Waals surface area (Å²) in [4.78, 5) is 18.1. The van der Waals surface area contributed by atoms with Crippen LogP contribution in [0.1, 0.15) is 30.5 Å². The molecule has 2 aromatic carbocycles. The van der Waals surface area contributed by atoms with Crippen LogP contribution in [0.25, 0.3) is 15.3 Å². The van der Waals surface area contributed by atoms with Crippen molar-refractivity contribution in [1.29, 1.82) is 0 Å². The first-order chi connectivity index (χ1) is 17.4. The van der Waals surface area contributed by atoms with Gasteiger partial charge in [-0.3, -0.25) is 4.79 Å². The van der Waals surface area contributed by atoms with Crippen molar-refractivity contribution in [3.63, 3.8) is 0 Å². The molecule has 0 atom stereocenters. The van der Waals surface area contributed by atoms with Crippen LogP contribution in [0.5, 0.6) is 0 Å². The molecular formula is C25H24FN5O3S2. The average Bonchev–Trinajstić information content (AvgIpc) is 3.60. The zero-order valence-electron chi connectivity index (χ0n) is 19.4. The number of para-hydroxylation sites is 1. The number of benzene rings is 2. The van der Waals surface area contributed by atoms with Crippen molar-refractivity contribution in [2.75, 3.05) is 18.4 Å². The Labute approximate surface area is 211 Å². The number of aromatic nitrogens is 3. The van der Waals surface area contributed by atoms with Crippen LogP contribution in [-0.2, 0) is 27.7 Å². The summed E-state index contributed by atoms with van der Waals surface area (Å²) in [6.07, 6.45) is 3.54. The van der Waals surface area contributed by atoms with Crippen LogP contribution in [0.2, 0.25) is 0 Å². The summed E-state index contributed by atoms with van der Waals surface area (Å²) >= 11 is 1.53. The van der Waals surface area contributed by atoms with Gasteiger partial charge in [0.1, 0.15) is 11.6 Å². The summed E-state index contributed by atoms with van der Waals surface area (Å²) in [7, 11) is -3.73. The van der Waals surface area contributed by atoms with Crippen LogP contribution >= 0.6 is 11.3 Å². The van der Waals surface area contributed by atoms with Gasteiger partial charge in [-0.25, -0.2) is 17.8 Å². The second-order valence-corrected chi connectivity index (χ2v) is 12.1. The lowest BCUT2D eigenvalue weighted by atomic mass is 9.97. The summed E-state index contributed by atoms with van der Waals surface area (Å²) in [6, 6.07) is 12.7. The summed E-state index contributed by atoms with van der Waals surface area (Å²) < 4.78 is 43.2. The van der Waals surface area contributed by atoms with Gasteiger partial charge in [-0.15, -0.1) is 0 Å². The van der Waals surface area contributed by atoms with E-state index in [2.05, 4.69) is 5.32 Å². The second kappa shape index (κ2) is 9.06. The van der Waals surface area contributed by atoms with Gasteiger partial charge >= 0.3 is 0 Å². The van der Waals surface area contributed by atoms with Crippen LogP contribution in [-0.4, -0.2) is 46.5 Å². The summed E-state index contributed by atoms with van der Waals surface area (Å²) in [5.74, 6) is -0.264. The van der Waals surface area contributed by atoms with E-state index >= 15 is 0 Å². The molecule has 1 fully saturated rings. The molecule has 1 amide bonds. The molecule has 0 bridgehead atoms. The Hall–Kier alpha value is -3.15. The highest BCUT2D eigenvalue weighted by Gasteiger charge is 2.33. The largest absolute Gasteiger partial charge is 0.310 e. The fourth-order valence-electron chi connectivity index (χ4n) is 4.94. The minimum Gasteiger partial charge on any atom is -0.310 e. The Morgan fingerprint density at radius 2 is 1.81 bits per heavy atom. The van der Waals surface area contributed by atoms with Crippen molar-refractivity contribution < 1.29 is 17.6 Å². The zero-order chi connectivity index (χ0) is 24.9. The van der Waals surface area contributed by atoms with Crippen molar-refractivity contribution in [3.05, 3.63) is 65.6 Å². The van der Waals surface area contributed by atoms with Gasteiger partial charge in [-0.05, 0) is 68.5 Å². The van der Waals surface area contributed by atoms with Gasteiger partial charge in [0.2, 0.25) is 21.1 Å². The molecule has 1 aliphatic carbocycles. The number of nitrogens with one attached hydrogen (secondary N) is 1. The van der Waals surface area contributed by atoms with E-state index in [0.717, 1.165) is 52.9 Å².